The summed E-state index contributed by atoms with van der Waals surface area (Å²) in [5.41, 5.74) is 7.44. The van der Waals surface area contributed by atoms with E-state index in [-0.39, 0.29) is 5.91 Å². The third-order valence-corrected chi connectivity index (χ3v) is 2.82. The molecule has 1 heterocycles. The summed E-state index contributed by atoms with van der Waals surface area (Å²) in [7, 11) is 1.63. The number of carbonyl (C=O) groups excluding carboxylic acids is 1. The highest BCUT2D eigenvalue weighted by Gasteiger charge is 2.17. The summed E-state index contributed by atoms with van der Waals surface area (Å²) in [6, 6.07) is 5.60. The van der Waals surface area contributed by atoms with E-state index in [1.165, 1.54) is 0 Å². The summed E-state index contributed by atoms with van der Waals surface area (Å²) in [6.07, 6.45) is 0. The summed E-state index contributed by atoms with van der Waals surface area (Å²) in [6.45, 7) is 2.71. The van der Waals surface area contributed by atoms with Crippen molar-refractivity contribution in [1.29, 1.82) is 0 Å². The highest BCUT2D eigenvalue weighted by Crippen LogP contribution is 2.23. The molecule has 92 valence electrons. The Morgan fingerprint density at radius 1 is 1.53 bits per heavy atom. The van der Waals surface area contributed by atoms with E-state index in [0.29, 0.717) is 25.3 Å². The molecule has 0 atom stereocenters. The summed E-state index contributed by atoms with van der Waals surface area (Å²) in [5.74, 6) is 0.849. The summed E-state index contributed by atoms with van der Waals surface area (Å²) >= 11 is 0. The third-order valence-electron chi connectivity index (χ3n) is 2.82. The minimum atomic E-state index is 0.0747. The van der Waals surface area contributed by atoms with Crippen LogP contribution in [0.4, 0.5) is 5.69 Å². The Balaban J connectivity index is 2.09. The highest BCUT2D eigenvalue weighted by atomic mass is 16.5. The Kier molecular flexibility index (Phi) is 3.49. The number of nitrogens with two attached hydrogens (primary N) is 1. The van der Waals surface area contributed by atoms with Gasteiger partial charge < -0.3 is 15.8 Å². The van der Waals surface area contributed by atoms with E-state index in [1.54, 1.807) is 13.2 Å². The molecule has 17 heavy (non-hydrogen) atoms. The van der Waals surface area contributed by atoms with Crippen LogP contribution in [0.2, 0.25) is 0 Å². The van der Waals surface area contributed by atoms with Crippen molar-refractivity contribution in [3.8, 4) is 5.75 Å². The molecule has 0 spiro atoms. The number of hydrogen-bond acceptors (Lipinski definition) is 4. The maximum atomic E-state index is 11.3. The first kappa shape index (κ1) is 11.7. The lowest BCUT2D eigenvalue weighted by Crippen LogP contribution is -2.47. The van der Waals surface area contributed by atoms with Crippen molar-refractivity contribution in [2.45, 2.75) is 6.54 Å². The Morgan fingerprint density at radius 2 is 2.35 bits per heavy atom. The lowest BCUT2D eigenvalue weighted by molar-refractivity contribution is -0.124. The van der Waals surface area contributed by atoms with Gasteiger partial charge in [0, 0.05) is 37.0 Å². The molecular formula is C12H17N3O2. The third kappa shape index (κ3) is 2.88. The van der Waals surface area contributed by atoms with Gasteiger partial charge in [0.25, 0.3) is 0 Å². The van der Waals surface area contributed by atoms with Crippen molar-refractivity contribution in [3.05, 3.63) is 23.8 Å². The van der Waals surface area contributed by atoms with Gasteiger partial charge in [-0.2, -0.15) is 0 Å². The maximum Gasteiger partial charge on any atom is 0.234 e. The SMILES string of the molecule is COc1cc(N)ccc1CN1CCNC(=O)C1. The number of amides is 1. The first-order chi connectivity index (χ1) is 8.19. The molecule has 2 rings (SSSR count). The van der Waals surface area contributed by atoms with Gasteiger partial charge in [-0.1, -0.05) is 6.07 Å². The van der Waals surface area contributed by atoms with Gasteiger partial charge in [0.05, 0.1) is 13.7 Å². The number of methoxy groups -OCH3 is 1. The average molecular weight is 235 g/mol. The molecule has 0 saturated carbocycles. The molecule has 0 bridgehead atoms. The molecule has 0 aliphatic carbocycles. The zero-order valence-corrected chi connectivity index (χ0v) is 9.90. The number of nitrogen functional groups attached to an aromatic ring is 1. The van der Waals surface area contributed by atoms with Crippen LogP contribution in [0.3, 0.4) is 0 Å². The van der Waals surface area contributed by atoms with Crippen LogP contribution in [0.5, 0.6) is 5.75 Å². The number of piperazine rings is 1. The van der Waals surface area contributed by atoms with E-state index >= 15 is 0 Å². The number of hydrogen-bond donors (Lipinski definition) is 2. The largest absolute Gasteiger partial charge is 0.496 e. The molecule has 5 heteroatoms. The lowest BCUT2D eigenvalue weighted by Gasteiger charge is -2.27. The molecule has 0 unspecified atom stereocenters. The van der Waals surface area contributed by atoms with Gasteiger partial charge in [0.15, 0.2) is 0 Å². The van der Waals surface area contributed by atoms with E-state index in [0.717, 1.165) is 17.9 Å². The van der Waals surface area contributed by atoms with E-state index in [4.69, 9.17) is 10.5 Å². The van der Waals surface area contributed by atoms with Gasteiger partial charge in [-0.15, -0.1) is 0 Å². The molecule has 1 aromatic rings. The van der Waals surface area contributed by atoms with E-state index in [1.807, 2.05) is 12.1 Å². The van der Waals surface area contributed by atoms with E-state index in [9.17, 15) is 4.79 Å². The molecule has 1 aliphatic heterocycles. The fourth-order valence-corrected chi connectivity index (χ4v) is 1.96. The van der Waals surface area contributed by atoms with Gasteiger partial charge in [0.1, 0.15) is 5.75 Å². The lowest BCUT2D eigenvalue weighted by atomic mass is 10.1. The Morgan fingerprint density at radius 3 is 3.06 bits per heavy atom. The number of benzene rings is 1. The first-order valence-corrected chi connectivity index (χ1v) is 5.60. The maximum absolute atomic E-state index is 11.3. The van der Waals surface area contributed by atoms with Crippen LogP contribution in [0.1, 0.15) is 5.56 Å². The van der Waals surface area contributed by atoms with E-state index in [2.05, 4.69) is 10.2 Å². The Hall–Kier alpha value is -1.75. The molecule has 1 saturated heterocycles. The smallest absolute Gasteiger partial charge is 0.234 e. The summed E-state index contributed by atoms with van der Waals surface area (Å²) in [5, 5.41) is 2.80. The highest BCUT2D eigenvalue weighted by molar-refractivity contribution is 5.78. The van der Waals surface area contributed by atoms with Crippen molar-refractivity contribution >= 4 is 11.6 Å². The number of nitrogens with zero attached hydrogens (tertiary/aromatic N) is 1. The van der Waals surface area contributed by atoms with Crippen molar-refractivity contribution in [3.63, 3.8) is 0 Å². The molecule has 5 nitrogen and oxygen atoms in total. The molecule has 1 fully saturated rings. The number of anilines is 1. The first-order valence-electron chi connectivity index (χ1n) is 5.60. The van der Waals surface area contributed by atoms with Gasteiger partial charge in [-0.3, -0.25) is 9.69 Å². The normalized spacial score (nSPS) is 16.6. The second kappa shape index (κ2) is 5.05. The number of carbonyl (C=O) groups is 1. The molecule has 0 aromatic heterocycles. The topological polar surface area (TPSA) is 67.6 Å². The number of rotatable bonds is 3. The fraction of sp³-hybridized carbons (Fsp3) is 0.417. The standard InChI is InChI=1S/C12H17N3O2/c1-17-11-6-10(13)3-2-9(11)7-15-5-4-14-12(16)8-15/h2-3,6H,4-5,7-8,13H2,1H3,(H,14,16). The summed E-state index contributed by atoms with van der Waals surface area (Å²) in [4.78, 5) is 13.4. The zero-order valence-electron chi connectivity index (χ0n) is 9.90. The van der Waals surface area contributed by atoms with Crippen LogP contribution in [-0.2, 0) is 11.3 Å². The van der Waals surface area contributed by atoms with Gasteiger partial charge >= 0.3 is 0 Å². The van der Waals surface area contributed by atoms with Crippen molar-refractivity contribution in [2.75, 3.05) is 32.5 Å². The van der Waals surface area contributed by atoms with Crippen LogP contribution in [0.15, 0.2) is 18.2 Å². The minimum absolute atomic E-state index is 0.0747. The molecule has 1 amide bonds. The molecule has 1 aromatic carbocycles. The average Bonchev–Trinajstić information content (AvgIpc) is 2.31. The van der Waals surface area contributed by atoms with Gasteiger partial charge in [0.2, 0.25) is 5.91 Å². The van der Waals surface area contributed by atoms with E-state index < -0.39 is 0 Å². The molecule has 0 radical (unpaired) electrons. The van der Waals surface area contributed by atoms with Crippen LogP contribution in [0.25, 0.3) is 0 Å². The Bertz CT molecular complexity index is 420. The van der Waals surface area contributed by atoms with Crippen molar-refractivity contribution in [1.82, 2.24) is 10.2 Å². The zero-order chi connectivity index (χ0) is 12.3. The van der Waals surface area contributed by atoms with Crippen LogP contribution < -0.4 is 15.8 Å². The predicted octanol–water partition coefficient (Wildman–Crippen LogP) is 0.209. The van der Waals surface area contributed by atoms with Gasteiger partial charge in [-0.25, -0.2) is 0 Å². The second-order valence-electron chi connectivity index (χ2n) is 4.13. The second-order valence-corrected chi connectivity index (χ2v) is 4.13. The number of ether oxygens (including phenoxy) is 1. The van der Waals surface area contributed by atoms with Crippen molar-refractivity contribution < 1.29 is 9.53 Å². The van der Waals surface area contributed by atoms with Crippen LogP contribution in [-0.4, -0.2) is 37.6 Å². The van der Waals surface area contributed by atoms with Gasteiger partial charge in [-0.05, 0) is 6.07 Å². The molecule has 3 N–H and O–H groups in total. The Labute approximate surface area is 101 Å². The molecular weight excluding hydrogens is 218 g/mol. The van der Waals surface area contributed by atoms with Crippen LogP contribution >= 0.6 is 0 Å². The predicted molar refractivity (Wildman–Crippen MR) is 65.7 cm³/mol. The van der Waals surface area contributed by atoms with Crippen LogP contribution in [0, 0.1) is 0 Å². The fourth-order valence-electron chi connectivity index (χ4n) is 1.96. The monoisotopic (exact) mass is 235 g/mol. The van der Waals surface area contributed by atoms with Crippen molar-refractivity contribution in [2.24, 2.45) is 0 Å². The molecule has 1 aliphatic rings. The quantitative estimate of drug-likeness (QED) is 0.735. The minimum Gasteiger partial charge on any atom is -0.496 e. The summed E-state index contributed by atoms with van der Waals surface area (Å²) < 4.78 is 5.29. The number of nitrogens with one attached hydrogen (secondary N) is 1.